The van der Waals surface area contributed by atoms with Crippen molar-refractivity contribution >= 4 is 12.0 Å². The van der Waals surface area contributed by atoms with Gasteiger partial charge in [-0.2, -0.15) is 0 Å². The van der Waals surface area contributed by atoms with Gasteiger partial charge in [0.15, 0.2) is 0 Å². The molecular weight excluding hydrogens is 315 g/mol. The molecule has 0 aromatic heterocycles. The van der Waals surface area contributed by atoms with Crippen molar-refractivity contribution in [3.8, 4) is 5.75 Å². The zero-order valence-electron chi connectivity index (χ0n) is 13.9. The fraction of sp³-hybridized carbons (Fsp3) is 0.529. The second kappa shape index (κ2) is 7.51. The van der Waals surface area contributed by atoms with Crippen molar-refractivity contribution in [2.24, 2.45) is 5.41 Å². The molecule has 2 N–H and O–H groups in total. The van der Waals surface area contributed by atoms with Gasteiger partial charge in [0.25, 0.3) is 0 Å². The number of hydrogen-bond donors (Lipinski definition) is 2. The SMILES string of the molecule is CCC(CNC(=O)N1CCC(C)(C(=O)O)C1)Oc1cccc(F)c1. The zero-order chi connectivity index (χ0) is 17.7. The topological polar surface area (TPSA) is 78.9 Å². The molecule has 7 heteroatoms. The normalized spacial score (nSPS) is 21.4. The molecule has 6 nitrogen and oxygen atoms in total. The van der Waals surface area contributed by atoms with Crippen LogP contribution in [0.2, 0.25) is 0 Å². The molecule has 2 unspecified atom stereocenters. The number of nitrogens with zero attached hydrogens (tertiary/aromatic N) is 1. The van der Waals surface area contributed by atoms with Gasteiger partial charge in [-0.05, 0) is 31.9 Å². The Hall–Kier alpha value is -2.31. The molecule has 2 amide bonds. The predicted octanol–water partition coefficient (Wildman–Crippen LogP) is 2.49. The van der Waals surface area contributed by atoms with Crippen molar-refractivity contribution in [2.45, 2.75) is 32.8 Å². The Kier molecular flexibility index (Phi) is 5.64. The first kappa shape index (κ1) is 18.0. The lowest BCUT2D eigenvalue weighted by molar-refractivity contribution is -0.147. The van der Waals surface area contributed by atoms with E-state index in [0.717, 1.165) is 0 Å². The van der Waals surface area contributed by atoms with Crippen LogP contribution < -0.4 is 10.1 Å². The molecule has 0 aliphatic carbocycles. The van der Waals surface area contributed by atoms with Gasteiger partial charge in [0.1, 0.15) is 17.7 Å². The van der Waals surface area contributed by atoms with Crippen LogP contribution in [0.1, 0.15) is 26.7 Å². The fourth-order valence-electron chi connectivity index (χ4n) is 2.62. The number of rotatable bonds is 6. The Morgan fingerprint density at radius 3 is 2.83 bits per heavy atom. The third-order valence-electron chi connectivity index (χ3n) is 4.31. The molecule has 0 bridgehead atoms. The fourth-order valence-corrected chi connectivity index (χ4v) is 2.62. The highest BCUT2D eigenvalue weighted by Crippen LogP contribution is 2.29. The van der Waals surface area contributed by atoms with E-state index >= 15 is 0 Å². The standard InChI is InChI=1S/C17H23FN2O4/c1-3-13(24-14-6-4-5-12(18)9-14)10-19-16(23)20-8-7-17(2,11-20)15(21)22/h4-6,9,13H,3,7-8,10-11H2,1-2H3,(H,19,23)(H,21,22). The molecule has 0 saturated carbocycles. The summed E-state index contributed by atoms with van der Waals surface area (Å²) in [5.74, 6) is -0.856. The van der Waals surface area contributed by atoms with Gasteiger partial charge in [-0.1, -0.05) is 13.0 Å². The Morgan fingerprint density at radius 2 is 2.25 bits per heavy atom. The second-order valence-corrected chi connectivity index (χ2v) is 6.33. The molecule has 1 fully saturated rings. The smallest absolute Gasteiger partial charge is 0.317 e. The number of likely N-dealkylation sites (tertiary alicyclic amines) is 1. The van der Waals surface area contributed by atoms with Crippen LogP contribution in [0.5, 0.6) is 5.75 Å². The van der Waals surface area contributed by atoms with Crippen LogP contribution in [-0.4, -0.2) is 47.7 Å². The number of carboxylic acids is 1. The Labute approximate surface area is 140 Å². The minimum atomic E-state index is -0.890. The summed E-state index contributed by atoms with van der Waals surface area (Å²) in [6.45, 7) is 4.43. The van der Waals surface area contributed by atoms with E-state index in [-0.39, 0.29) is 31.0 Å². The molecule has 24 heavy (non-hydrogen) atoms. The van der Waals surface area contributed by atoms with Crippen LogP contribution in [0.15, 0.2) is 24.3 Å². The largest absolute Gasteiger partial charge is 0.489 e. The van der Waals surface area contributed by atoms with E-state index in [1.807, 2.05) is 6.92 Å². The minimum Gasteiger partial charge on any atom is -0.489 e. The van der Waals surface area contributed by atoms with E-state index in [4.69, 9.17) is 4.74 Å². The first-order valence-corrected chi connectivity index (χ1v) is 8.02. The Bertz CT molecular complexity index is 610. The maximum absolute atomic E-state index is 13.2. The lowest BCUT2D eigenvalue weighted by atomic mass is 9.90. The Morgan fingerprint density at radius 1 is 1.50 bits per heavy atom. The van der Waals surface area contributed by atoms with Gasteiger partial charge in [-0.15, -0.1) is 0 Å². The summed E-state index contributed by atoms with van der Waals surface area (Å²) >= 11 is 0. The molecule has 1 saturated heterocycles. The van der Waals surface area contributed by atoms with E-state index in [1.54, 1.807) is 19.1 Å². The number of aliphatic carboxylic acids is 1. The zero-order valence-corrected chi connectivity index (χ0v) is 13.9. The van der Waals surface area contributed by atoms with Crippen LogP contribution in [0.4, 0.5) is 9.18 Å². The first-order chi connectivity index (χ1) is 11.3. The molecule has 2 rings (SSSR count). The minimum absolute atomic E-state index is 0.190. The van der Waals surface area contributed by atoms with E-state index in [9.17, 15) is 19.1 Å². The second-order valence-electron chi connectivity index (χ2n) is 6.33. The van der Waals surface area contributed by atoms with E-state index in [0.29, 0.717) is 25.1 Å². The molecular formula is C17H23FN2O4. The number of carboxylic acid groups (broad SMARTS) is 1. The number of hydrogen-bond acceptors (Lipinski definition) is 3. The van der Waals surface area contributed by atoms with E-state index < -0.39 is 11.4 Å². The van der Waals surface area contributed by atoms with Gasteiger partial charge in [-0.25, -0.2) is 9.18 Å². The highest BCUT2D eigenvalue weighted by atomic mass is 19.1. The van der Waals surface area contributed by atoms with Gasteiger partial charge in [-0.3, -0.25) is 4.79 Å². The van der Waals surface area contributed by atoms with E-state index in [1.165, 1.54) is 17.0 Å². The highest BCUT2D eigenvalue weighted by Gasteiger charge is 2.42. The average Bonchev–Trinajstić information content (AvgIpc) is 2.95. The van der Waals surface area contributed by atoms with Crippen LogP contribution in [0.25, 0.3) is 0 Å². The lowest BCUT2D eigenvalue weighted by Crippen LogP contribution is -2.44. The van der Waals surface area contributed by atoms with Crippen molar-refractivity contribution in [3.63, 3.8) is 0 Å². The number of carbonyl (C=O) groups excluding carboxylic acids is 1. The maximum atomic E-state index is 13.2. The third-order valence-corrected chi connectivity index (χ3v) is 4.31. The monoisotopic (exact) mass is 338 g/mol. The van der Waals surface area contributed by atoms with Crippen LogP contribution in [0.3, 0.4) is 0 Å². The number of halogens is 1. The van der Waals surface area contributed by atoms with E-state index in [2.05, 4.69) is 5.32 Å². The Balaban J connectivity index is 1.85. The van der Waals surface area contributed by atoms with Gasteiger partial charge in [0.05, 0.1) is 12.0 Å². The lowest BCUT2D eigenvalue weighted by Gasteiger charge is -2.23. The van der Waals surface area contributed by atoms with Crippen molar-refractivity contribution in [2.75, 3.05) is 19.6 Å². The van der Waals surface area contributed by atoms with Crippen LogP contribution in [-0.2, 0) is 4.79 Å². The highest BCUT2D eigenvalue weighted by molar-refractivity contribution is 5.79. The third kappa shape index (κ3) is 4.37. The van der Waals surface area contributed by atoms with Gasteiger partial charge in [0.2, 0.25) is 0 Å². The number of benzene rings is 1. The summed E-state index contributed by atoms with van der Waals surface area (Å²) in [7, 11) is 0. The maximum Gasteiger partial charge on any atom is 0.317 e. The summed E-state index contributed by atoms with van der Waals surface area (Å²) in [4.78, 5) is 24.9. The molecule has 0 spiro atoms. The average molecular weight is 338 g/mol. The van der Waals surface area contributed by atoms with Gasteiger partial charge in [0, 0.05) is 19.2 Å². The predicted molar refractivity (Wildman–Crippen MR) is 86.4 cm³/mol. The molecule has 2 atom stereocenters. The molecule has 132 valence electrons. The summed E-state index contributed by atoms with van der Waals surface area (Å²) in [5, 5.41) is 12.0. The number of amides is 2. The molecule has 1 aromatic rings. The molecule has 1 aliphatic rings. The summed E-state index contributed by atoms with van der Waals surface area (Å²) in [6, 6.07) is 5.55. The molecule has 1 aliphatic heterocycles. The van der Waals surface area contributed by atoms with Crippen molar-refractivity contribution in [1.29, 1.82) is 0 Å². The van der Waals surface area contributed by atoms with Crippen molar-refractivity contribution < 1.29 is 23.8 Å². The summed E-state index contributed by atoms with van der Waals surface area (Å²) in [6.07, 6.45) is 0.792. The first-order valence-electron chi connectivity index (χ1n) is 8.02. The quantitative estimate of drug-likeness (QED) is 0.835. The van der Waals surface area contributed by atoms with Gasteiger partial charge >= 0.3 is 12.0 Å². The summed E-state index contributed by atoms with van der Waals surface area (Å²) in [5.41, 5.74) is -0.889. The van der Waals surface area contributed by atoms with Crippen molar-refractivity contribution in [3.05, 3.63) is 30.1 Å². The number of ether oxygens (including phenoxy) is 1. The molecule has 1 aromatic carbocycles. The summed E-state index contributed by atoms with van der Waals surface area (Å²) < 4.78 is 18.8. The molecule has 1 heterocycles. The van der Waals surface area contributed by atoms with Crippen LogP contribution >= 0.6 is 0 Å². The number of carbonyl (C=O) groups is 2. The van der Waals surface area contributed by atoms with Crippen LogP contribution in [0, 0.1) is 11.2 Å². The number of nitrogens with one attached hydrogen (secondary N) is 1. The van der Waals surface area contributed by atoms with Crippen molar-refractivity contribution in [1.82, 2.24) is 10.2 Å². The molecule has 0 radical (unpaired) electrons. The number of urea groups is 1. The van der Waals surface area contributed by atoms with Gasteiger partial charge < -0.3 is 20.1 Å².